The van der Waals surface area contributed by atoms with Gasteiger partial charge in [0.1, 0.15) is 4.90 Å². The van der Waals surface area contributed by atoms with Gasteiger partial charge in [-0.15, -0.1) is 6.58 Å². The molecule has 0 amide bonds. The summed E-state index contributed by atoms with van der Waals surface area (Å²) in [6.07, 6.45) is 1.37. The molecule has 9 heteroatoms. The third kappa shape index (κ3) is 3.69. The summed E-state index contributed by atoms with van der Waals surface area (Å²) >= 11 is 11.9. The van der Waals surface area contributed by atoms with E-state index in [1.807, 2.05) is 0 Å². The highest BCUT2D eigenvalue weighted by atomic mass is 35.5. The molecule has 2 aromatic rings. The van der Waals surface area contributed by atoms with E-state index in [2.05, 4.69) is 6.58 Å². The third-order valence-corrected chi connectivity index (χ3v) is 5.60. The van der Waals surface area contributed by atoms with E-state index in [4.69, 9.17) is 23.2 Å². The maximum absolute atomic E-state index is 12.9. The monoisotopic (exact) mass is 386 g/mol. The summed E-state index contributed by atoms with van der Waals surface area (Å²) in [7, 11) is -4.09. The van der Waals surface area contributed by atoms with Gasteiger partial charge in [0.25, 0.3) is 15.7 Å². The van der Waals surface area contributed by atoms with Gasteiger partial charge in [-0.3, -0.25) is 14.4 Å². The van der Waals surface area contributed by atoms with Gasteiger partial charge in [-0.1, -0.05) is 35.3 Å². The number of nitro groups is 1. The molecule has 0 aliphatic heterocycles. The molecule has 2 aromatic carbocycles. The lowest BCUT2D eigenvalue weighted by atomic mass is 10.3. The average molecular weight is 387 g/mol. The fraction of sp³-hybridized carbons (Fsp3) is 0.0667. The van der Waals surface area contributed by atoms with Crippen LogP contribution in [-0.4, -0.2) is 19.9 Å². The standard InChI is InChI=1S/C15H12Cl2N2O4S/c1-2-8-18(12-4-3-5-13(10-12)19(20)21)24(22,23)15-9-11(16)6-7-14(15)17/h2-7,9-10H,1,8H2. The summed E-state index contributed by atoms with van der Waals surface area (Å²) in [6.45, 7) is 3.44. The van der Waals surface area contributed by atoms with E-state index in [0.717, 1.165) is 4.31 Å². The molecule has 0 spiro atoms. The maximum Gasteiger partial charge on any atom is 0.271 e. The van der Waals surface area contributed by atoms with Crippen LogP contribution in [0.1, 0.15) is 0 Å². The number of sulfonamides is 1. The highest BCUT2D eigenvalue weighted by molar-refractivity contribution is 7.93. The number of rotatable bonds is 6. The van der Waals surface area contributed by atoms with Crippen LogP contribution in [0.4, 0.5) is 11.4 Å². The molecule has 0 aromatic heterocycles. The molecule has 0 saturated heterocycles. The predicted molar refractivity (Wildman–Crippen MR) is 94.3 cm³/mol. The van der Waals surface area contributed by atoms with Crippen LogP contribution in [0.15, 0.2) is 60.0 Å². The number of hydrogen-bond donors (Lipinski definition) is 0. The number of nitro benzene ring substituents is 1. The first-order valence-corrected chi connectivity index (χ1v) is 8.80. The van der Waals surface area contributed by atoms with E-state index in [1.54, 1.807) is 0 Å². The van der Waals surface area contributed by atoms with Crippen LogP contribution in [0.25, 0.3) is 0 Å². The minimum Gasteiger partial charge on any atom is -0.262 e. The first kappa shape index (κ1) is 18.3. The number of non-ortho nitro benzene ring substituents is 1. The largest absolute Gasteiger partial charge is 0.271 e. The van der Waals surface area contributed by atoms with Crippen molar-refractivity contribution in [1.82, 2.24) is 0 Å². The van der Waals surface area contributed by atoms with Gasteiger partial charge in [0.2, 0.25) is 0 Å². The molecule has 0 heterocycles. The second kappa shape index (κ2) is 7.21. The molecule has 0 bridgehead atoms. The van der Waals surface area contributed by atoms with Crippen LogP contribution >= 0.6 is 23.2 Å². The molecule has 0 aliphatic rings. The Bertz CT molecular complexity index is 900. The van der Waals surface area contributed by atoms with E-state index in [9.17, 15) is 18.5 Å². The Morgan fingerprint density at radius 3 is 2.54 bits per heavy atom. The molecule has 0 aliphatic carbocycles. The average Bonchev–Trinajstić information content (AvgIpc) is 2.54. The molecule has 2 rings (SSSR count). The van der Waals surface area contributed by atoms with Crippen LogP contribution in [-0.2, 0) is 10.0 Å². The third-order valence-electron chi connectivity index (χ3n) is 3.08. The van der Waals surface area contributed by atoms with Crippen molar-refractivity contribution in [1.29, 1.82) is 0 Å². The highest BCUT2D eigenvalue weighted by Gasteiger charge is 2.27. The summed E-state index contributed by atoms with van der Waals surface area (Å²) in [6, 6.07) is 9.36. The van der Waals surface area contributed by atoms with E-state index in [1.165, 1.54) is 48.5 Å². The molecular formula is C15H12Cl2N2O4S. The summed E-state index contributed by atoms with van der Waals surface area (Å²) in [5.74, 6) is 0. The quantitative estimate of drug-likeness (QED) is 0.421. The predicted octanol–water partition coefficient (Wildman–Crippen LogP) is 4.28. The van der Waals surface area contributed by atoms with Crippen LogP contribution in [0.5, 0.6) is 0 Å². The lowest BCUT2D eigenvalue weighted by Crippen LogP contribution is -2.31. The molecule has 0 radical (unpaired) electrons. The zero-order valence-corrected chi connectivity index (χ0v) is 14.6. The van der Waals surface area contributed by atoms with Crippen molar-refractivity contribution < 1.29 is 13.3 Å². The van der Waals surface area contributed by atoms with E-state index >= 15 is 0 Å². The van der Waals surface area contributed by atoms with Crippen LogP contribution < -0.4 is 4.31 Å². The van der Waals surface area contributed by atoms with Gasteiger partial charge in [-0.05, 0) is 24.3 Å². The Balaban J connectivity index is 2.61. The van der Waals surface area contributed by atoms with Gasteiger partial charge in [-0.2, -0.15) is 0 Å². The Kier molecular flexibility index (Phi) is 5.48. The van der Waals surface area contributed by atoms with Gasteiger partial charge >= 0.3 is 0 Å². The first-order chi connectivity index (χ1) is 11.3. The van der Waals surface area contributed by atoms with Crippen molar-refractivity contribution in [2.75, 3.05) is 10.8 Å². The number of benzene rings is 2. The maximum atomic E-state index is 12.9. The number of nitrogens with zero attached hydrogens (tertiary/aromatic N) is 2. The summed E-state index contributed by atoms with van der Waals surface area (Å²) in [5, 5.41) is 11.1. The van der Waals surface area contributed by atoms with Crippen molar-refractivity contribution in [2.45, 2.75) is 4.90 Å². The van der Waals surface area contributed by atoms with Gasteiger partial charge in [0.05, 0.1) is 22.2 Å². The zero-order chi connectivity index (χ0) is 17.9. The molecule has 6 nitrogen and oxygen atoms in total. The van der Waals surface area contributed by atoms with E-state index in [-0.39, 0.29) is 32.9 Å². The van der Waals surface area contributed by atoms with Crippen molar-refractivity contribution >= 4 is 44.6 Å². The normalized spacial score (nSPS) is 11.1. The molecule has 0 unspecified atom stereocenters. The molecule has 0 fully saturated rings. The van der Waals surface area contributed by atoms with Gasteiger partial charge < -0.3 is 0 Å². The molecule has 24 heavy (non-hydrogen) atoms. The SMILES string of the molecule is C=CCN(c1cccc([N+](=O)[O-])c1)S(=O)(=O)c1cc(Cl)ccc1Cl. The Morgan fingerprint density at radius 2 is 1.92 bits per heavy atom. The summed E-state index contributed by atoms with van der Waals surface area (Å²) in [5.41, 5.74) is -0.103. The lowest BCUT2D eigenvalue weighted by molar-refractivity contribution is -0.384. The lowest BCUT2D eigenvalue weighted by Gasteiger charge is -2.23. The second-order valence-corrected chi connectivity index (χ2v) is 7.35. The highest BCUT2D eigenvalue weighted by Crippen LogP contribution is 2.31. The Morgan fingerprint density at radius 1 is 1.21 bits per heavy atom. The number of hydrogen-bond acceptors (Lipinski definition) is 4. The van der Waals surface area contributed by atoms with Gasteiger partial charge in [0.15, 0.2) is 0 Å². The van der Waals surface area contributed by atoms with E-state index in [0.29, 0.717) is 0 Å². The molecular weight excluding hydrogens is 375 g/mol. The molecule has 0 saturated carbocycles. The number of halogens is 2. The Labute approximate surface area is 149 Å². The molecule has 0 atom stereocenters. The van der Waals surface area contributed by atoms with Crippen LogP contribution in [0, 0.1) is 10.1 Å². The fourth-order valence-electron chi connectivity index (χ4n) is 2.01. The Hall–Kier alpha value is -2.09. The smallest absolute Gasteiger partial charge is 0.262 e. The molecule has 126 valence electrons. The van der Waals surface area contributed by atoms with Crippen molar-refractivity contribution in [3.8, 4) is 0 Å². The van der Waals surface area contributed by atoms with Crippen LogP contribution in [0.3, 0.4) is 0 Å². The van der Waals surface area contributed by atoms with Gasteiger partial charge in [-0.25, -0.2) is 8.42 Å². The minimum absolute atomic E-state index is 0.00102. The molecule has 0 N–H and O–H groups in total. The van der Waals surface area contributed by atoms with Crippen molar-refractivity contribution in [2.24, 2.45) is 0 Å². The zero-order valence-electron chi connectivity index (χ0n) is 12.2. The van der Waals surface area contributed by atoms with Crippen molar-refractivity contribution in [3.05, 3.63) is 75.3 Å². The fourth-order valence-corrected chi connectivity index (χ4v) is 4.18. The minimum atomic E-state index is -4.09. The van der Waals surface area contributed by atoms with Crippen LogP contribution in [0.2, 0.25) is 10.0 Å². The number of anilines is 1. The van der Waals surface area contributed by atoms with Crippen molar-refractivity contribution in [3.63, 3.8) is 0 Å². The summed E-state index contributed by atoms with van der Waals surface area (Å²) < 4.78 is 26.9. The van der Waals surface area contributed by atoms with E-state index < -0.39 is 14.9 Å². The first-order valence-electron chi connectivity index (χ1n) is 6.60. The second-order valence-electron chi connectivity index (χ2n) is 4.68. The summed E-state index contributed by atoms with van der Waals surface area (Å²) in [4.78, 5) is 10.1. The topological polar surface area (TPSA) is 80.5 Å². The van der Waals surface area contributed by atoms with Gasteiger partial charge in [0, 0.05) is 17.2 Å².